The van der Waals surface area contributed by atoms with Crippen molar-refractivity contribution in [1.29, 1.82) is 0 Å². The van der Waals surface area contributed by atoms with Gasteiger partial charge in [-0.15, -0.1) is 0 Å². The molecule has 0 bridgehead atoms. The van der Waals surface area contributed by atoms with Crippen molar-refractivity contribution < 1.29 is 9.53 Å². The van der Waals surface area contributed by atoms with Crippen LogP contribution in [-0.2, 0) is 4.79 Å². The van der Waals surface area contributed by atoms with E-state index in [0.29, 0.717) is 30.5 Å². The molecule has 4 heteroatoms. The second-order valence-corrected chi connectivity index (χ2v) is 5.53. The third kappa shape index (κ3) is 4.57. The van der Waals surface area contributed by atoms with Crippen molar-refractivity contribution in [2.75, 3.05) is 20.2 Å². The zero-order valence-corrected chi connectivity index (χ0v) is 12.5. The lowest BCUT2D eigenvalue weighted by atomic mass is 10.0. The van der Waals surface area contributed by atoms with Crippen LogP contribution in [0, 0.1) is 5.92 Å². The Morgan fingerprint density at radius 1 is 1.50 bits per heavy atom. The fourth-order valence-corrected chi connectivity index (χ4v) is 2.41. The van der Waals surface area contributed by atoms with E-state index in [9.17, 15) is 4.79 Å². The van der Waals surface area contributed by atoms with Gasteiger partial charge in [-0.1, -0.05) is 29.8 Å². The predicted molar refractivity (Wildman–Crippen MR) is 81.1 cm³/mol. The fourth-order valence-electron chi connectivity index (χ4n) is 2.23. The second-order valence-electron chi connectivity index (χ2n) is 5.09. The van der Waals surface area contributed by atoms with Crippen molar-refractivity contribution in [2.45, 2.75) is 19.3 Å². The van der Waals surface area contributed by atoms with Crippen molar-refractivity contribution in [3.8, 4) is 5.75 Å². The molecule has 20 heavy (non-hydrogen) atoms. The maximum absolute atomic E-state index is 12.0. The molecule has 0 N–H and O–H groups in total. The number of amides is 1. The fraction of sp³-hybridized carbons (Fsp3) is 0.438. The Kier molecular flexibility index (Phi) is 5.48. The smallest absolute Gasteiger partial charge is 0.223 e. The van der Waals surface area contributed by atoms with E-state index in [-0.39, 0.29) is 5.91 Å². The Morgan fingerprint density at radius 3 is 3.05 bits per heavy atom. The molecule has 0 radical (unpaired) electrons. The van der Waals surface area contributed by atoms with Gasteiger partial charge in [-0.2, -0.15) is 0 Å². The number of carbonyl (C=O) groups excluding carboxylic acids is 1. The third-order valence-electron chi connectivity index (χ3n) is 3.47. The van der Waals surface area contributed by atoms with Crippen LogP contribution < -0.4 is 4.74 Å². The number of benzene rings is 1. The highest BCUT2D eigenvalue weighted by molar-refractivity contribution is 6.30. The third-order valence-corrected chi connectivity index (χ3v) is 3.70. The van der Waals surface area contributed by atoms with Gasteiger partial charge in [0.15, 0.2) is 0 Å². The lowest BCUT2D eigenvalue weighted by molar-refractivity contribution is -0.130. The number of allylic oxidation sites excluding steroid dienone is 2. The molecule has 1 atom stereocenters. The van der Waals surface area contributed by atoms with Crippen LogP contribution in [0.1, 0.15) is 19.3 Å². The average Bonchev–Trinajstić information content (AvgIpc) is 2.91. The van der Waals surface area contributed by atoms with E-state index in [4.69, 9.17) is 16.3 Å². The molecule has 0 heterocycles. The standard InChI is InChI=1S/C16H20ClNO2/c1-18(16(19)11-13-5-2-3-6-13)9-10-20-15-8-4-7-14(17)12-15/h2,4-5,7-8,12-13H,3,6,9-11H2,1H3. The van der Waals surface area contributed by atoms with Crippen molar-refractivity contribution in [3.63, 3.8) is 0 Å². The van der Waals surface area contributed by atoms with Crippen molar-refractivity contribution in [1.82, 2.24) is 4.90 Å². The molecule has 1 amide bonds. The first kappa shape index (κ1) is 14.9. The van der Waals surface area contributed by atoms with Gasteiger partial charge in [-0.25, -0.2) is 0 Å². The Bertz CT molecular complexity index is 487. The molecule has 2 rings (SSSR count). The monoisotopic (exact) mass is 293 g/mol. The molecule has 0 spiro atoms. The summed E-state index contributed by atoms with van der Waals surface area (Å²) in [6, 6.07) is 7.28. The van der Waals surface area contributed by atoms with E-state index in [2.05, 4.69) is 12.2 Å². The number of halogens is 1. The summed E-state index contributed by atoms with van der Waals surface area (Å²) >= 11 is 5.88. The number of hydrogen-bond donors (Lipinski definition) is 0. The summed E-state index contributed by atoms with van der Waals surface area (Å²) in [7, 11) is 1.82. The topological polar surface area (TPSA) is 29.5 Å². The minimum Gasteiger partial charge on any atom is -0.492 e. The molecule has 108 valence electrons. The first-order valence-corrected chi connectivity index (χ1v) is 7.32. The van der Waals surface area contributed by atoms with Crippen molar-refractivity contribution in [2.24, 2.45) is 5.92 Å². The Labute approximate surface area is 125 Å². The maximum Gasteiger partial charge on any atom is 0.223 e. The summed E-state index contributed by atoms with van der Waals surface area (Å²) in [5.74, 6) is 1.33. The number of carbonyl (C=O) groups is 1. The molecule has 1 aromatic carbocycles. The molecule has 0 fully saturated rings. The quantitative estimate of drug-likeness (QED) is 0.751. The molecule has 1 aliphatic rings. The lowest BCUT2D eigenvalue weighted by Crippen LogP contribution is -2.31. The highest BCUT2D eigenvalue weighted by atomic mass is 35.5. The minimum absolute atomic E-state index is 0.177. The molecule has 3 nitrogen and oxygen atoms in total. The van der Waals surface area contributed by atoms with Gasteiger partial charge in [0.25, 0.3) is 0 Å². The predicted octanol–water partition coefficient (Wildman–Crippen LogP) is 3.53. The van der Waals surface area contributed by atoms with Crippen LogP contribution in [0.5, 0.6) is 5.75 Å². The van der Waals surface area contributed by atoms with Crippen molar-refractivity contribution in [3.05, 3.63) is 41.4 Å². The number of rotatable bonds is 6. The van der Waals surface area contributed by atoms with E-state index in [1.807, 2.05) is 19.2 Å². The summed E-state index contributed by atoms with van der Waals surface area (Å²) in [6.45, 7) is 1.06. The molecule has 1 aromatic rings. The van der Waals surface area contributed by atoms with Crippen LogP contribution in [0.2, 0.25) is 5.02 Å². The summed E-state index contributed by atoms with van der Waals surface area (Å²) < 4.78 is 5.59. The van der Waals surface area contributed by atoms with E-state index in [0.717, 1.165) is 18.6 Å². The highest BCUT2D eigenvalue weighted by Gasteiger charge is 2.16. The Hall–Kier alpha value is -1.48. The SMILES string of the molecule is CN(CCOc1cccc(Cl)c1)C(=O)CC1C=CCC1. The van der Waals surface area contributed by atoms with Gasteiger partial charge in [-0.3, -0.25) is 4.79 Å². The summed E-state index contributed by atoms with van der Waals surface area (Å²) in [5.41, 5.74) is 0. The zero-order chi connectivity index (χ0) is 14.4. The Balaban J connectivity index is 1.70. The summed E-state index contributed by atoms with van der Waals surface area (Å²) in [4.78, 5) is 13.7. The van der Waals surface area contributed by atoms with Crippen LogP contribution in [0.3, 0.4) is 0 Å². The van der Waals surface area contributed by atoms with Gasteiger partial charge < -0.3 is 9.64 Å². The van der Waals surface area contributed by atoms with Gasteiger partial charge in [0.1, 0.15) is 12.4 Å². The van der Waals surface area contributed by atoms with Crippen LogP contribution in [0.25, 0.3) is 0 Å². The van der Waals surface area contributed by atoms with Crippen LogP contribution in [0.4, 0.5) is 0 Å². The van der Waals surface area contributed by atoms with E-state index in [1.54, 1.807) is 17.0 Å². The lowest BCUT2D eigenvalue weighted by Gasteiger charge is -2.19. The van der Waals surface area contributed by atoms with E-state index < -0.39 is 0 Å². The van der Waals surface area contributed by atoms with Crippen molar-refractivity contribution >= 4 is 17.5 Å². The number of ether oxygens (including phenoxy) is 1. The van der Waals surface area contributed by atoms with Gasteiger partial charge in [0.2, 0.25) is 5.91 Å². The number of likely N-dealkylation sites (N-methyl/N-ethyl adjacent to an activating group) is 1. The number of nitrogens with zero attached hydrogens (tertiary/aromatic N) is 1. The maximum atomic E-state index is 12.0. The van der Waals surface area contributed by atoms with Gasteiger partial charge in [0, 0.05) is 18.5 Å². The molecular weight excluding hydrogens is 274 g/mol. The zero-order valence-electron chi connectivity index (χ0n) is 11.7. The van der Waals surface area contributed by atoms with Crippen LogP contribution in [-0.4, -0.2) is 31.0 Å². The molecule has 1 unspecified atom stereocenters. The van der Waals surface area contributed by atoms with Crippen LogP contribution in [0.15, 0.2) is 36.4 Å². The average molecular weight is 294 g/mol. The molecule has 0 aromatic heterocycles. The van der Waals surface area contributed by atoms with Gasteiger partial charge in [0.05, 0.1) is 6.54 Å². The second kappa shape index (κ2) is 7.34. The normalized spacial score (nSPS) is 17.2. The molecule has 0 saturated heterocycles. The number of hydrogen-bond acceptors (Lipinski definition) is 2. The molecule has 1 aliphatic carbocycles. The van der Waals surface area contributed by atoms with Gasteiger partial charge >= 0.3 is 0 Å². The molecule has 0 saturated carbocycles. The summed E-state index contributed by atoms with van der Waals surface area (Å²) in [5, 5.41) is 0.653. The largest absolute Gasteiger partial charge is 0.492 e. The van der Waals surface area contributed by atoms with E-state index >= 15 is 0 Å². The first-order valence-electron chi connectivity index (χ1n) is 6.94. The van der Waals surface area contributed by atoms with Gasteiger partial charge in [-0.05, 0) is 37.0 Å². The van der Waals surface area contributed by atoms with E-state index in [1.165, 1.54) is 0 Å². The van der Waals surface area contributed by atoms with Crippen LogP contribution >= 0.6 is 11.6 Å². The molecule has 0 aliphatic heterocycles. The first-order chi connectivity index (χ1) is 9.65. The minimum atomic E-state index is 0.177. The molecular formula is C16H20ClNO2. The highest BCUT2D eigenvalue weighted by Crippen LogP contribution is 2.21. The Morgan fingerprint density at radius 2 is 2.35 bits per heavy atom. The summed E-state index contributed by atoms with van der Waals surface area (Å²) in [6.07, 6.45) is 7.09.